The Kier molecular flexibility index (Phi) is 5.14. The highest BCUT2D eigenvalue weighted by atomic mass is 32.2. The maximum absolute atomic E-state index is 11.4. The Bertz CT molecular complexity index is 1560. The van der Waals surface area contributed by atoms with Gasteiger partial charge in [0, 0.05) is 5.41 Å². The number of nitrogens with one attached hydrogen (secondary N) is 1. The molecule has 0 saturated carbocycles. The van der Waals surface area contributed by atoms with Crippen molar-refractivity contribution in [3.8, 4) is 11.8 Å². The van der Waals surface area contributed by atoms with Gasteiger partial charge in [-0.05, 0) is 37.6 Å². The molecule has 0 radical (unpaired) electrons. The van der Waals surface area contributed by atoms with E-state index in [4.69, 9.17) is 0 Å². The van der Waals surface area contributed by atoms with Crippen molar-refractivity contribution in [3.05, 3.63) is 47.0 Å². The van der Waals surface area contributed by atoms with Gasteiger partial charge in [0.05, 0.1) is 22.5 Å². The SMILES string of the molecule is Cc1nc2c(N=Nc3c(C#N)cnn3-c3ccc(S(=O)(=O)O)cc3C)c(C(C)(C)C)[nH]n2n1. The van der Waals surface area contributed by atoms with Crippen LogP contribution in [0.25, 0.3) is 11.3 Å². The lowest BCUT2D eigenvalue weighted by Gasteiger charge is -2.16. The summed E-state index contributed by atoms with van der Waals surface area (Å²) in [5.41, 5.74) is 2.59. The van der Waals surface area contributed by atoms with Crippen LogP contribution in [-0.2, 0) is 15.5 Å². The average molecular weight is 468 g/mol. The number of aromatic amines is 1. The van der Waals surface area contributed by atoms with E-state index < -0.39 is 10.1 Å². The van der Waals surface area contributed by atoms with Crippen LogP contribution in [0.15, 0.2) is 39.5 Å². The topological polar surface area (TPSA) is 167 Å². The first-order valence-electron chi connectivity index (χ1n) is 9.84. The van der Waals surface area contributed by atoms with E-state index >= 15 is 0 Å². The number of nitriles is 1. The summed E-state index contributed by atoms with van der Waals surface area (Å²) in [7, 11) is -4.35. The number of aromatic nitrogens is 6. The third-order valence-corrected chi connectivity index (χ3v) is 5.78. The zero-order valence-electron chi connectivity index (χ0n) is 18.6. The quantitative estimate of drug-likeness (QED) is 0.341. The van der Waals surface area contributed by atoms with Crippen molar-refractivity contribution in [2.24, 2.45) is 10.2 Å². The minimum Gasteiger partial charge on any atom is -0.282 e. The zero-order valence-corrected chi connectivity index (χ0v) is 19.4. The van der Waals surface area contributed by atoms with Gasteiger partial charge < -0.3 is 0 Å². The smallest absolute Gasteiger partial charge is 0.282 e. The second kappa shape index (κ2) is 7.61. The number of benzene rings is 1. The van der Waals surface area contributed by atoms with Crippen LogP contribution in [0.3, 0.4) is 0 Å². The van der Waals surface area contributed by atoms with Gasteiger partial charge in [-0.1, -0.05) is 20.8 Å². The number of nitrogens with zero attached hydrogens (tertiary/aromatic N) is 8. The highest BCUT2D eigenvalue weighted by Crippen LogP contribution is 2.35. The predicted molar refractivity (Wildman–Crippen MR) is 118 cm³/mol. The summed E-state index contributed by atoms with van der Waals surface area (Å²) in [6.07, 6.45) is 1.35. The molecule has 4 aromatic rings. The van der Waals surface area contributed by atoms with Crippen LogP contribution < -0.4 is 0 Å². The van der Waals surface area contributed by atoms with Crippen LogP contribution >= 0.6 is 0 Å². The fourth-order valence-electron chi connectivity index (χ4n) is 3.35. The Morgan fingerprint density at radius 3 is 2.55 bits per heavy atom. The predicted octanol–water partition coefficient (Wildman–Crippen LogP) is 3.69. The first kappa shape index (κ1) is 22.3. The third-order valence-electron chi connectivity index (χ3n) is 4.93. The molecule has 0 unspecified atom stereocenters. The van der Waals surface area contributed by atoms with E-state index in [9.17, 15) is 18.2 Å². The summed E-state index contributed by atoms with van der Waals surface area (Å²) in [6, 6.07) is 6.08. The van der Waals surface area contributed by atoms with E-state index in [1.54, 1.807) is 13.8 Å². The second-order valence-electron chi connectivity index (χ2n) is 8.51. The van der Waals surface area contributed by atoms with Gasteiger partial charge in [-0.25, -0.2) is 9.67 Å². The van der Waals surface area contributed by atoms with E-state index in [1.807, 2.05) is 26.8 Å². The van der Waals surface area contributed by atoms with Gasteiger partial charge in [-0.3, -0.25) is 9.65 Å². The Labute approximate surface area is 189 Å². The molecular weight excluding hydrogens is 446 g/mol. The average Bonchev–Trinajstić information content (AvgIpc) is 3.37. The molecule has 0 fully saturated rings. The molecule has 0 saturated heterocycles. The van der Waals surface area contributed by atoms with Crippen LogP contribution in [-0.4, -0.2) is 42.6 Å². The highest BCUT2D eigenvalue weighted by Gasteiger charge is 2.25. The lowest BCUT2D eigenvalue weighted by Crippen LogP contribution is -2.12. The second-order valence-corrected chi connectivity index (χ2v) is 9.93. The van der Waals surface area contributed by atoms with Gasteiger partial charge in [0.25, 0.3) is 10.1 Å². The Morgan fingerprint density at radius 2 is 1.94 bits per heavy atom. The molecule has 3 aromatic heterocycles. The van der Waals surface area contributed by atoms with Crippen LogP contribution in [0.4, 0.5) is 11.5 Å². The molecule has 1 aromatic carbocycles. The number of fused-ring (bicyclic) bond motifs is 1. The molecule has 0 atom stereocenters. The number of H-pyrrole nitrogens is 1. The Balaban J connectivity index is 1.87. The van der Waals surface area contributed by atoms with E-state index in [2.05, 4.69) is 30.5 Å². The van der Waals surface area contributed by atoms with Gasteiger partial charge in [0.1, 0.15) is 17.5 Å². The summed E-state index contributed by atoms with van der Waals surface area (Å²) in [6.45, 7) is 9.45. The van der Waals surface area contributed by atoms with Gasteiger partial charge >= 0.3 is 0 Å². The third kappa shape index (κ3) is 4.01. The van der Waals surface area contributed by atoms with E-state index in [0.29, 0.717) is 28.4 Å². The van der Waals surface area contributed by atoms with Crippen LogP contribution in [0.2, 0.25) is 0 Å². The van der Waals surface area contributed by atoms with Crippen LogP contribution in [0.5, 0.6) is 0 Å². The molecule has 0 aliphatic heterocycles. The Hall–Kier alpha value is -3.89. The summed E-state index contributed by atoms with van der Waals surface area (Å²) in [5.74, 6) is 0.728. The molecule has 13 heteroatoms. The van der Waals surface area contributed by atoms with E-state index in [1.165, 1.54) is 33.7 Å². The molecule has 170 valence electrons. The minimum absolute atomic E-state index is 0.163. The summed E-state index contributed by atoms with van der Waals surface area (Å²) >= 11 is 0. The molecule has 12 nitrogen and oxygen atoms in total. The first-order chi connectivity index (χ1) is 15.4. The van der Waals surface area contributed by atoms with Gasteiger partial charge in [0.15, 0.2) is 11.5 Å². The van der Waals surface area contributed by atoms with E-state index in [-0.39, 0.29) is 21.7 Å². The molecule has 33 heavy (non-hydrogen) atoms. The fraction of sp³-hybridized carbons (Fsp3) is 0.300. The minimum atomic E-state index is -4.35. The van der Waals surface area contributed by atoms with Crippen molar-refractivity contribution in [2.45, 2.75) is 44.9 Å². The molecule has 4 rings (SSSR count). The van der Waals surface area contributed by atoms with Crippen molar-refractivity contribution in [1.29, 1.82) is 5.26 Å². The number of hydrogen-bond donors (Lipinski definition) is 2. The number of rotatable bonds is 4. The van der Waals surface area contributed by atoms with Crippen molar-refractivity contribution >= 4 is 27.3 Å². The summed E-state index contributed by atoms with van der Waals surface area (Å²) < 4.78 is 35.1. The van der Waals surface area contributed by atoms with Gasteiger partial charge in [-0.2, -0.15) is 23.4 Å². The molecule has 0 aliphatic carbocycles. The van der Waals surface area contributed by atoms with Crippen LogP contribution in [0.1, 0.15) is 43.4 Å². The lowest BCUT2D eigenvalue weighted by molar-refractivity contribution is 0.483. The molecule has 0 spiro atoms. The van der Waals surface area contributed by atoms with E-state index in [0.717, 1.165) is 5.69 Å². The van der Waals surface area contributed by atoms with Crippen molar-refractivity contribution in [3.63, 3.8) is 0 Å². The number of hydrogen-bond acceptors (Lipinski definition) is 8. The first-order valence-corrected chi connectivity index (χ1v) is 11.3. The monoisotopic (exact) mass is 467 g/mol. The standard InChI is InChI=1S/C20H21N9O3S/c1-11-8-14(33(30,31)32)6-7-15(11)28-18(13(9-21)10-22-28)25-24-16-17(20(3,4)5)27-29-19(16)23-12(2)26-29/h6-8,10,27H,1-5H3,(H,30,31,32). The molecular formula is C20H21N9O3S. The maximum Gasteiger partial charge on any atom is 0.294 e. The normalized spacial score (nSPS) is 12.6. The fourth-order valence-corrected chi connectivity index (χ4v) is 3.92. The van der Waals surface area contributed by atoms with Gasteiger partial charge in [-0.15, -0.1) is 15.3 Å². The van der Waals surface area contributed by atoms with Crippen molar-refractivity contribution in [2.75, 3.05) is 0 Å². The molecule has 3 heterocycles. The molecule has 0 bridgehead atoms. The summed E-state index contributed by atoms with van der Waals surface area (Å²) in [5, 5.41) is 30.0. The molecule has 0 aliphatic rings. The number of aryl methyl sites for hydroxylation is 2. The number of azo groups is 1. The largest absolute Gasteiger partial charge is 0.294 e. The summed E-state index contributed by atoms with van der Waals surface area (Å²) in [4.78, 5) is 4.17. The highest BCUT2D eigenvalue weighted by molar-refractivity contribution is 7.85. The van der Waals surface area contributed by atoms with Gasteiger partial charge in [0.2, 0.25) is 5.65 Å². The molecule has 0 amide bonds. The Morgan fingerprint density at radius 1 is 1.21 bits per heavy atom. The van der Waals surface area contributed by atoms with Crippen molar-refractivity contribution in [1.82, 2.24) is 29.6 Å². The van der Waals surface area contributed by atoms with Crippen molar-refractivity contribution < 1.29 is 13.0 Å². The lowest BCUT2D eigenvalue weighted by atomic mass is 9.91. The van der Waals surface area contributed by atoms with Crippen LogP contribution in [0, 0.1) is 25.2 Å². The molecule has 2 N–H and O–H groups in total. The zero-order chi connectivity index (χ0) is 24.1. The maximum atomic E-state index is 11.4.